The van der Waals surface area contributed by atoms with Gasteiger partial charge in [0.1, 0.15) is 6.29 Å². The van der Waals surface area contributed by atoms with Gasteiger partial charge >= 0.3 is 0 Å². The maximum Gasteiger partial charge on any atom is 0.119 e. The standard InChI is InChI=1S/C5H10O.C3H9NO.C2H6/c1-2-3-4-5-6;1-4(2)5-3;1-2/h5H,2-4H2,1H3;1-3H3;1-2H3. The molecule has 0 bridgehead atoms. The summed E-state index contributed by atoms with van der Waals surface area (Å²) in [5, 5.41) is 1.62. The van der Waals surface area contributed by atoms with E-state index in [2.05, 4.69) is 11.8 Å². The lowest BCUT2D eigenvalue weighted by Gasteiger charge is -2.01. The van der Waals surface area contributed by atoms with Gasteiger partial charge in [0, 0.05) is 20.5 Å². The molecule has 0 aromatic carbocycles. The highest BCUT2D eigenvalue weighted by molar-refractivity contribution is 5.48. The van der Waals surface area contributed by atoms with E-state index >= 15 is 0 Å². The van der Waals surface area contributed by atoms with Crippen LogP contribution in [0.25, 0.3) is 0 Å². The SMILES string of the molecule is CC.CCCCC=O.CON(C)C. The predicted molar refractivity (Wildman–Crippen MR) is 57.6 cm³/mol. The lowest BCUT2D eigenvalue weighted by atomic mass is 10.3. The summed E-state index contributed by atoms with van der Waals surface area (Å²) in [6, 6.07) is 0. The van der Waals surface area contributed by atoms with Gasteiger partial charge in [-0.15, -0.1) is 0 Å². The molecule has 0 aromatic heterocycles. The minimum absolute atomic E-state index is 0.733. The van der Waals surface area contributed by atoms with E-state index in [0.29, 0.717) is 0 Å². The van der Waals surface area contributed by atoms with Crippen molar-refractivity contribution in [3.05, 3.63) is 0 Å². The molecule has 0 rings (SSSR count). The first kappa shape index (κ1) is 18.4. The van der Waals surface area contributed by atoms with Crippen LogP contribution in [-0.2, 0) is 9.63 Å². The summed E-state index contributed by atoms with van der Waals surface area (Å²) in [4.78, 5) is 14.1. The number of rotatable bonds is 4. The van der Waals surface area contributed by atoms with E-state index in [0.717, 1.165) is 25.5 Å². The van der Waals surface area contributed by atoms with Crippen LogP contribution in [0.15, 0.2) is 0 Å². The van der Waals surface area contributed by atoms with Crippen molar-refractivity contribution < 1.29 is 9.63 Å². The molecule has 0 aliphatic heterocycles. The number of hydrogen-bond donors (Lipinski definition) is 0. The summed E-state index contributed by atoms with van der Waals surface area (Å²) in [7, 11) is 5.29. The Balaban J connectivity index is -0.000000131. The van der Waals surface area contributed by atoms with E-state index in [1.807, 2.05) is 27.9 Å². The van der Waals surface area contributed by atoms with E-state index in [9.17, 15) is 4.79 Å². The van der Waals surface area contributed by atoms with Crippen LogP contribution < -0.4 is 0 Å². The number of aldehydes is 1. The molecular weight excluding hydrogens is 166 g/mol. The molecule has 0 saturated carbocycles. The van der Waals surface area contributed by atoms with Crippen molar-refractivity contribution >= 4 is 6.29 Å². The second kappa shape index (κ2) is 22.6. The fraction of sp³-hybridized carbons (Fsp3) is 0.900. The molecule has 3 heteroatoms. The number of hydroxylamine groups is 2. The zero-order valence-electron chi connectivity index (χ0n) is 9.96. The number of hydrogen-bond acceptors (Lipinski definition) is 3. The van der Waals surface area contributed by atoms with Gasteiger partial charge < -0.3 is 9.63 Å². The molecule has 0 saturated heterocycles. The van der Waals surface area contributed by atoms with Crippen LogP contribution in [0.3, 0.4) is 0 Å². The van der Waals surface area contributed by atoms with Gasteiger partial charge in [-0.05, 0) is 6.42 Å². The number of nitrogens with zero attached hydrogens (tertiary/aromatic N) is 1. The van der Waals surface area contributed by atoms with E-state index < -0.39 is 0 Å². The first-order valence-electron chi connectivity index (χ1n) is 4.84. The van der Waals surface area contributed by atoms with Gasteiger partial charge in [-0.3, -0.25) is 0 Å². The van der Waals surface area contributed by atoms with Crippen LogP contribution in [-0.4, -0.2) is 32.6 Å². The van der Waals surface area contributed by atoms with Crippen LogP contribution in [0.4, 0.5) is 0 Å². The third-order valence-corrected chi connectivity index (χ3v) is 1.04. The maximum atomic E-state index is 9.56. The average molecular weight is 191 g/mol. The molecule has 0 fully saturated rings. The zero-order valence-corrected chi connectivity index (χ0v) is 9.96. The van der Waals surface area contributed by atoms with Gasteiger partial charge in [0.15, 0.2) is 0 Å². The number of carbonyl (C=O) groups excluding carboxylic acids is 1. The third kappa shape index (κ3) is 50.6. The maximum absolute atomic E-state index is 9.56. The van der Waals surface area contributed by atoms with Crippen molar-refractivity contribution in [2.75, 3.05) is 21.2 Å². The molecular formula is C10H25NO2. The highest BCUT2D eigenvalue weighted by atomic mass is 16.7. The van der Waals surface area contributed by atoms with Gasteiger partial charge in [-0.25, -0.2) is 0 Å². The van der Waals surface area contributed by atoms with E-state index in [1.165, 1.54) is 0 Å². The fourth-order valence-corrected chi connectivity index (χ4v) is 0.287. The first-order chi connectivity index (χ1) is 6.18. The topological polar surface area (TPSA) is 29.5 Å². The molecule has 0 amide bonds. The number of unbranched alkanes of at least 4 members (excludes halogenated alkanes) is 2. The summed E-state index contributed by atoms with van der Waals surface area (Å²) < 4.78 is 0. The highest BCUT2D eigenvalue weighted by Crippen LogP contribution is 1.87. The molecule has 82 valence electrons. The lowest BCUT2D eigenvalue weighted by molar-refractivity contribution is -0.107. The Labute approximate surface area is 83.0 Å². The Kier molecular flexibility index (Phi) is 31.9. The average Bonchev–Trinajstić information content (AvgIpc) is 2.18. The second-order valence-corrected chi connectivity index (χ2v) is 2.30. The van der Waals surface area contributed by atoms with Crippen LogP contribution in [0.2, 0.25) is 0 Å². The van der Waals surface area contributed by atoms with E-state index in [1.54, 1.807) is 12.2 Å². The van der Waals surface area contributed by atoms with Crippen molar-refractivity contribution in [1.29, 1.82) is 0 Å². The molecule has 3 nitrogen and oxygen atoms in total. The lowest BCUT2D eigenvalue weighted by Crippen LogP contribution is -2.07. The molecule has 0 radical (unpaired) electrons. The molecule has 0 heterocycles. The molecule has 0 spiro atoms. The van der Waals surface area contributed by atoms with Crippen LogP contribution in [0, 0.1) is 0 Å². The van der Waals surface area contributed by atoms with Crippen molar-refractivity contribution in [1.82, 2.24) is 5.06 Å². The van der Waals surface area contributed by atoms with E-state index in [-0.39, 0.29) is 0 Å². The third-order valence-electron chi connectivity index (χ3n) is 1.04. The summed E-state index contributed by atoms with van der Waals surface area (Å²) in [5.74, 6) is 0. The van der Waals surface area contributed by atoms with Crippen molar-refractivity contribution in [3.63, 3.8) is 0 Å². The Morgan fingerprint density at radius 3 is 1.77 bits per heavy atom. The molecule has 0 atom stereocenters. The molecule has 13 heavy (non-hydrogen) atoms. The molecule has 0 unspecified atom stereocenters. The smallest absolute Gasteiger partial charge is 0.119 e. The molecule has 0 aliphatic carbocycles. The Morgan fingerprint density at radius 1 is 1.31 bits per heavy atom. The Morgan fingerprint density at radius 2 is 1.69 bits per heavy atom. The van der Waals surface area contributed by atoms with Crippen LogP contribution in [0.1, 0.15) is 40.0 Å². The van der Waals surface area contributed by atoms with Gasteiger partial charge in [0.2, 0.25) is 0 Å². The van der Waals surface area contributed by atoms with Gasteiger partial charge in [0.05, 0.1) is 7.11 Å². The van der Waals surface area contributed by atoms with Gasteiger partial charge in [-0.1, -0.05) is 27.2 Å². The summed E-state index contributed by atoms with van der Waals surface area (Å²) in [6.07, 6.45) is 3.86. The summed E-state index contributed by atoms with van der Waals surface area (Å²) in [5.41, 5.74) is 0. The minimum Gasteiger partial charge on any atom is -0.303 e. The monoisotopic (exact) mass is 191 g/mol. The van der Waals surface area contributed by atoms with Crippen molar-refractivity contribution in [3.8, 4) is 0 Å². The molecule has 0 aromatic rings. The van der Waals surface area contributed by atoms with E-state index in [4.69, 9.17) is 0 Å². The van der Waals surface area contributed by atoms with Crippen molar-refractivity contribution in [2.24, 2.45) is 0 Å². The molecule has 0 aliphatic rings. The summed E-state index contributed by atoms with van der Waals surface area (Å²) in [6.45, 7) is 6.07. The van der Waals surface area contributed by atoms with Gasteiger partial charge in [0.25, 0.3) is 0 Å². The van der Waals surface area contributed by atoms with Crippen molar-refractivity contribution in [2.45, 2.75) is 40.0 Å². The number of carbonyl (C=O) groups is 1. The van der Waals surface area contributed by atoms with Crippen LogP contribution in [0.5, 0.6) is 0 Å². The predicted octanol–water partition coefficient (Wildman–Crippen LogP) is 2.51. The molecule has 0 N–H and O–H groups in total. The first-order valence-corrected chi connectivity index (χ1v) is 4.84. The largest absolute Gasteiger partial charge is 0.303 e. The minimum atomic E-state index is 0.733. The Hall–Kier alpha value is -0.410. The highest BCUT2D eigenvalue weighted by Gasteiger charge is 1.75. The summed E-state index contributed by atoms with van der Waals surface area (Å²) >= 11 is 0. The quantitative estimate of drug-likeness (QED) is 0.388. The fourth-order valence-electron chi connectivity index (χ4n) is 0.287. The van der Waals surface area contributed by atoms with Crippen LogP contribution >= 0.6 is 0 Å². The second-order valence-electron chi connectivity index (χ2n) is 2.30. The zero-order chi connectivity index (χ0) is 11.1. The normalized spacial score (nSPS) is 7.92. The Bertz CT molecular complexity index is 75.3. The van der Waals surface area contributed by atoms with Gasteiger partial charge in [-0.2, -0.15) is 5.06 Å².